The van der Waals surface area contributed by atoms with Gasteiger partial charge in [-0.15, -0.1) is 11.3 Å². The molecule has 1 N–H and O–H groups in total. The van der Waals surface area contributed by atoms with E-state index in [1.54, 1.807) is 18.2 Å². The minimum Gasteiger partial charge on any atom is -0.493 e. The maximum atomic E-state index is 13.5. The summed E-state index contributed by atoms with van der Waals surface area (Å²) in [5.41, 5.74) is 0.583. The summed E-state index contributed by atoms with van der Waals surface area (Å²) in [7, 11) is 4.44. The van der Waals surface area contributed by atoms with Crippen molar-refractivity contribution in [2.24, 2.45) is 0 Å². The number of nitrogens with one attached hydrogen (secondary N) is 1. The van der Waals surface area contributed by atoms with Crippen LogP contribution >= 0.6 is 34.7 Å². The highest BCUT2D eigenvalue weighted by Crippen LogP contribution is 2.40. The molecule has 0 atom stereocenters. The Morgan fingerprint density at radius 2 is 1.81 bits per heavy atom. The van der Waals surface area contributed by atoms with E-state index >= 15 is 0 Å². The van der Waals surface area contributed by atoms with E-state index < -0.39 is 22.9 Å². The van der Waals surface area contributed by atoms with Crippen molar-refractivity contribution in [3.05, 3.63) is 56.5 Å². The van der Waals surface area contributed by atoms with Gasteiger partial charge in [0.2, 0.25) is 5.75 Å². The van der Waals surface area contributed by atoms with Crippen LogP contribution in [-0.2, 0) is 4.79 Å². The first-order valence-electron chi connectivity index (χ1n) is 10.5. The van der Waals surface area contributed by atoms with Gasteiger partial charge in [0, 0.05) is 23.2 Å². The summed E-state index contributed by atoms with van der Waals surface area (Å²) in [5, 5.41) is 3.02. The van der Waals surface area contributed by atoms with E-state index in [9.17, 15) is 18.8 Å². The molecule has 0 saturated carbocycles. The standard InChI is InChI=1S/C24H20ClFN2O6S2/c1-32-15-8-12(9-16(33-2)20(15)34-3)10-18-23(30)28(24(31)36-18)7-6-27-22(29)21-19(25)14-5-4-13(26)11-17(14)35-21/h4-5,8-11H,6-7H2,1-3H3,(H,27,29)/b18-10+. The molecule has 1 aliphatic heterocycles. The molecular weight excluding hydrogens is 531 g/mol. The Hall–Kier alpha value is -3.28. The largest absolute Gasteiger partial charge is 0.493 e. The molecule has 3 amide bonds. The molecule has 12 heteroatoms. The Bertz CT molecular complexity index is 1380. The van der Waals surface area contributed by atoms with Crippen LogP contribution in [0.4, 0.5) is 9.18 Å². The molecule has 188 valence electrons. The van der Waals surface area contributed by atoms with E-state index in [2.05, 4.69) is 5.32 Å². The molecule has 36 heavy (non-hydrogen) atoms. The molecular formula is C24H20ClFN2O6S2. The lowest BCUT2D eigenvalue weighted by Crippen LogP contribution is -2.37. The van der Waals surface area contributed by atoms with Crippen LogP contribution in [-0.4, -0.2) is 56.4 Å². The molecule has 2 aromatic carbocycles. The summed E-state index contributed by atoms with van der Waals surface area (Å²) >= 11 is 8.15. The van der Waals surface area contributed by atoms with E-state index in [0.717, 1.165) is 28.0 Å². The molecule has 0 spiro atoms. The molecule has 3 aromatic rings. The van der Waals surface area contributed by atoms with Gasteiger partial charge in [-0.25, -0.2) is 4.39 Å². The number of amides is 3. The van der Waals surface area contributed by atoms with Crippen LogP contribution in [0.1, 0.15) is 15.2 Å². The predicted octanol–water partition coefficient (Wildman–Crippen LogP) is 5.19. The zero-order chi connectivity index (χ0) is 26.0. The van der Waals surface area contributed by atoms with Crippen molar-refractivity contribution in [1.82, 2.24) is 10.2 Å². The number of methoxy groups -OCH3 is 3. The molecule has 1 fully saturated rings. The Kier molecular flexibility index (Phi) is 7.72. The molecule has 1 aliphatic rings. The molecule has 2 heterocycles. The van der Waals surface area contributed by atoms with Gasteiger partial charge in [-0.05, 0) is 53.7 Å². The van der Waals surface area contributed by atoms with Gasteiger partial charge >= 0.3 is 0 Å². The highest BCUT2D eigenvalue weighted by molar-refractivity contribution is 8.18. The molecule has 1 saturated heterocycles. The molecule has 8 nitrogen and oxygen atoms in total. The topological polar surface area (TPSA) is 94.2 Å². The van der Waals surface area contributed by atoms with Crippen LogP contribution in [0, 0.1) is 5.82 Å². The number of rotatable bonds is 8. The lowest BCUT2D eigenvalue weighted by Gasteiger charge is -2.13. The Labute approximate surface area is 218 Å². The number of thioether (sulfide) groups is 1. The van der Waals surface area contributed by atoms with Crippen molar-refractivity contribution in [3.63, 3.8) is 0 Å². The second kappa shape index (κ2) is 10.8. The fraction of sp³-hybridized carbons (Fsp3) is 0.208. The molecule has 0 unspecified atom stereocenters. The second-order valence-electron chi connectivity index (χ2n) is 7.43. The third kappa shape index (κ3) is 4.99. The van der Waals surface area contributed by atoms with Crippen molar-refractivity contribution < 1.29 is 33.0 Å². The fourth-order valence-electron chi connectivity index (χ4n) is 3.58. The number of hydrogen-bond acceptors (Lipinski definition) is 8. The fourth-order valence-corrected chi connectivity index (χ4v) is 5.90. The number of fused-ring (bicyclic) bond motifs is 1. The molecule has 0 bridgehead atoms. The zero-order valence-electron chi connectivity index (χ0n) is 19.3. The Balaban J connectivity index is 1.44. The average Bonchev–Trinajstić information content (AvgIpc) is 3.33. The van der Waals surface area contributed by atoms with E-state index in [-0.39, 0.29) is 27.9 Å². The van der Waals surface area contributed by atoms with Crippen molar-refractivity contribution in [3.8, 4) is 17.2 Å². The van der Waals surface area contributed by atoms with E-state index in [4.69, 9.17) is 25.8 Å². The minimum absolute atomic E-state index is 0.0211. The van der Waals surface area contributed by atoms with Crippen LogP contribution in [0.15, 0.2) is 35.2 Å². The van der Waals surface area contributed by atoms with Crippen molar-refractivity contribution >= 4 is 67.9 Å². The van der Waals surface area contributed by atoms with E-state index in [0.29, 0.717) is 32.9 Å². The number of carbonyl (C=O) groups excluding carboxylic acids is 3. The van der Waals surface area contributed by atoms with Crippen LogP contribution in [0.2, 0.25) is 5.02 Å². The third-order valence-electron chi connectivity index (χ3n) is 5.28. The lowest BCUT2D eigenvalue weighted by atomic mass is 10.1. The summed E-state index contributed by atoms with van der Waals surface area (Å²) in [6.07, 6.45) is 1.56. The smallest absolute Gasteiger partial charge is 0.293 e. The van der Waals surface area contributed by atoms with Gasteiger partial charge in [-0.3, -0.25) is 19.3 Å². The first kappa shape index (κ1) is 25.8. The highest BCUT2D eigenvalue weighted by Gasteiger charge is 2.35. The number of hydrogen-bond donors (Lipinski definition) is 1. The summed E-state index contributed by atoms with van der Waals surface area (Å²) in [5.74, 6) is -0.151. The zero-order valence-corrected chi connectivity index (χ0v) is 21.7. The lowest BCUT2D eigenvalue weighted by molar-refractivity contribution is -0.122. The Morgan fingerprint density at radius 1 is 1.11 bits per heavy atom. The first-order valence-corrected chi connectivity index (χ1v) is 12.5. The number of nitrogens with zero attached hydrogens (tertiary/aromatic N) is 1. The normalized spacial score (nSPS) is 14.6. The van der Waals surface area contributed by atoms with Crippen molar-refractivity contribution in [2.75, 3.05) is 34.4 Å². The third-order valence-corrected chi connectivity index (χ3v) is 7.84. The van der Waals surface area contributed by atoms with Gasteiger partial charge < -0.3 is 19.5 Å². The summed E-state index contributed by atoms with van der Waals surface area (Å²) in [6.45, 7) is -0.00653. The SMILES string of the molecule is COc1cc(/C=C2/SC(=O)N(CCNC(=O)c3sc4cc(F)ccc4c3Cl)C2=O)cc(OC)c1OC. The number of carbonyl (C=O) groups is 3. The molecule has 4 rings (SSSR count). The first-order chi connectivity index (χ1) is 17.3. The molecule has 0 aliphatic carbocycles. The quantitative estimate of drug-likeness (QED) is 0.386. The van der Waals surface area contributed by atoms with Crippen LogP contribution < -0.4 is 19.5 Å². The van der Waals surface area contributed by atoms with Gasteiger partial charge in [0.25, 0.3) is 17.1 Å². The maximum Gasteiger partial charge on any atom is 0.293 e. The Morgan fingerprint density at radius 3 is 2.44 bits per heavy atom. The number of thiophene rings is 1. The van der Waals surface area contributed by atoms with Gasteiger partial charge in [0.05, 0.1) is 31.3 Å². The van der Waals surface area contributed by atoms with Crippen molar-refractivity contribution in [2.45, 2.75) is 0 Å². The average molecular weight is 551 g/mol. The van der Waals surface area contributed by atoms with E-state index in [1.807, 2.05) is 0 Å². The highest BCUT2D eigenvalue weighted by atomic mass is 35.5. The second-order valence-corrected chi connectivity index (χ2v) is 9.86. The van der Waals surface area contributed by atoms with Gasteiger partial charge in [-0.2, -0.15) is 0 Å². The number of benzene rings is 2. The minimum atomic E-state index is -0.483. The van der Waals surface area contributed by atoms with Crippen molar-refractivity contribution in [1.29, 1.82) is 0 Å². The summed E-state index contributed by atoms with van der Waals surface area (Å²) in [4.78, 5) is 39.5. The van der Waals surface area contributed by atoms with Gasteiger partial charge in [0.15, 0.2) is 11.5 Å². The van der Waals surface area contributed by atoms with Crippen LogP contribution in [0.3, 0.4) is 0 Å². The number of ether oxygens (including phenoxy) is 3. The van der Waals surface area contributed by atoms with Crippen LogP contribution in [0.5, 0.6) is 17.2 Å². The van der Waals surface area contributed by atoms with Crippen LogP contribution in [0.25, 0.3) is 16.2 Å². The predicted molar refractivity (Wildman–Crippen MR) is 138 cm³/mol. The maximum absolute atomic E-state index is 13.5. The number of imide groups is 1. The molecule has 1 aromatic heterocycles. The summed E-state index contributed by atoms with van der Waals surface area (Å²) < 4.78 is 30.0. The molecule has 0 radical (unpaired) electrons. The van der Waals surface area contributed by atoms with E-state index in [1.165, 1.54) is 39.5 Å². The number of halogens is 2. The summed E-state index contributed by atoms with van der Waals surface area (Å²) in [6, 6.07) is 7.42. The monoisotopic (exact) mass is 550 g/mol. The van der Waals surface area contributed by atoms with Gasteiger partial charge in [0.1, 0.15) is 10.7 Å². The van der Waals surface area contributed by atoms with Gasteiger partial charge in [-0.1, -0.05) is 11.6 Å².